The molecule has 2 atom stereocenters. The summed E-state index contributed by atoms with van der Waals surface area (Å²) in [6, 6.07) is 3.11. The van der Waals surface area contributed by atoms with Crippen molar-refractivity contribution < 1.29 is 0 Å². The minimum Gasteiger partial charge on any atom is -0.296 e. The van der Waals surface area contributed by atoms with Crippen LogP contribution in [0.15, 0.2) is 0 Å². The van der Waals surface area contributed by atoms with E-state index in [9.17, 15) is 5.26 Å². The van der Waals surface area contributed by atoms with Gasteiger partial charge in [0.25, 0.3) is 0 Å². The monoisotopic (exact) mass is 210 g/mol. The standard InChI is InChI=1S/C11H18N2S/c1-9-6-11(7-12,8-14-9)13-10-4-2-3-5-10/h9-10,13H,2-6,8H2,1H3. The van der Waals surface area contributed by atoms with Gasteiger partial charge in [0.05, 0.1) is 6.07 Å². The molecule has 0 amide bonds. The summed E-state index contributed by atoms with van der Waals surface area (Å²) in [5.74, 6) is 0.973. The first-order chi connectivity index (χ1) is 6.74. The summed E-state index contributed by atoms with van der Waals surface area (Å²) in [5, 5.41) is 13.5. The van der Waals surface area contributed by atoms with E-state index >= 15 is 0 Å². The second-order valence-corrected chi connectivity index (χ2v) is 6.07. The van der Waals surface area contributed by atoms with Gasteiger partial charge in [-0.3, -0.25) is 5.32 Å². The number of nitrogens with one attached hydrogen (secondary N) is 1. The van der Waals surface area contributed by atoms with E-state index in [1.165, 1.54) is 25.7 Å². The van der Waals surface area contributed by atoms with E-state index in [1.807, 2.05) is 11.8 Å². The fourth-order valence-electron chi connectivity index (χ4n) is 2.56. The molecule has 1 heterocycles. The molecule has 0 spiro atoms. The molecule has 0 aromatic carbocycles. The summed E-state index contributed by atoms with van der Waals surface area (Å²) < 4.78 is 0. The topological polar surface area (TPSA) is 35.8 Å². The van der Waals surface area contributed by atoms with Crippen LogP contribution in [0.3, 0.4) is 0 Å². The molecule has 78 valence electrons. The summed E-state index contributed by atoms with van der Waals surface area (Å²) in [7, 11) is 0. The van der Waals surface area contributed by atoms with Gasteiger partial charge in [0.15, 0.2) is 0 Å². The molecule has 1 N–H and O–H groups in total. The Balaban J connectivity index is 1.96. The van der Waals surface area contributed by atoms with Gasteiger partial charge in [-0.2, -0.15) is 17.0 Å². The highest BCUT2D eigenvalue weighted by molar-refractivity contribution is 8.00. The molecule has 14 heavy (non-hydrogen) atoms. The largest absolute Gasteiger partial charge is 0.296 e. The average Bonchev–Trinajstić information content (AvgIpc) is 2.77. The highest BCUT2D eigenvalue weighted by atomic mass is 32.2. The molecule has 2 unspecified atom stereocenters. The molecule has 3 heteroatoms. The lowest BCUT2D eigenvalue weighted by Gasteiger charge is -2.26. The Morgan fingerprint density at radius 2 is 2.14 bits per heavy atom. The Labute approximate surface area is 90.4 Å². The fourth-order valence-corrected chi connectivity index (χ4v) is 3.80. The molecule has 2 nitrogen and oxygen atoms in total. The minimum absolute atomic E-state index is 0.209. The summed E-state index contributed by atoms with van der Waals surface area (Å²) in [5.41, 5.74) is -0.209. The summed E-state index contributed by atoms with van der Waals surface area (Å²) in [6.07, 6.45) is 6.22. The van der Waals surface area contributed by atoms with E-state index in [4.69, 9.17) is 0 Å². The van der Waals surface area contributed by atoms with Gasteiger partial charge >= 0.3 is 0 Å². The normalized spacial score (nSPS) is 38.7. The first kappa shape index (κ1) is 10.3. The van der Waals surface area contributed by atoms with Crippen LogP contribution in [-0.4, -0.2) is 22.6 Å². The second kappa shape index (κ2) is 4.12. The summed E-state index contributed by atoms with van der Waals surface area (Å²) >= 11 is 1.93. The van der Waals surface area contributed by atoms with Crippen LogP contribution in [-0.2, 0) is 0 Å². The first-order valence-corrected chi connectivity index (χ1v) is 6.59. The molecule has 0 radical (unpaired) electrons. The van der Waals surface area contributed by atoms with Crippen molar-refractivity contribution in [2.45, 2.75) is 55.9 Å². The molecule has 2 rings (SSSR count). The summed E-state index contributed by atoms with van der Waals surface area (Å²) in [6.45, 7) is 2.22. The van der Waals surface area contributed by atoms with Crippen molar-refractivity contribution in [3.05, 3.63) is 0 Å². The van der Waals surface area contributed by atoms with Crippen LogP contribution in [0.4, 0.5) is 0 Å². The van der Waals surface area contributed by atoms with Gasteiger partial charge in [0.1, 0.15) is 5.54 Å². The predicted octanol–water partition coefficient (Wildman–Crippen LogP) is 2.31. The van der Waals surface area contributed by atoms with E-state index in [0.29, 0.717) is 11.3 Å². The van der Waals surface area contributed by atoms with E-state index in [-0.39, 0.29) is 5.54 Å². The molecule has 0 aromatic heterocycles. The van der Waals surface area contributed by atoms with Gasteiger partial charge in [-0.05, 0) is 19.3 Å². The van der Waals surface area contributed by atoms with E-state index < -0.39 is 0 Å². The summed E-state index contributed by atoms with van der Waals surface area (Å²) in [4.78, 5) is 0. The number of thioether (sulfide) groups is 1. The van der Waals surface area contributed by atoms with E-state index in [1.54, 1.807) is 0 Å². The van der Waals surface area contributed by atoms with Gasteiger partial charge in [-0.25, -0.2) is 0 Å². The Kier molecular flexibility index (Phi) is 3.04. The number of rotatable bonds is 2. The number of hydrogen-bond donors (Lipinski definition) is 1. The quantitative estimate of drug-likeness (QED) is 0.759. The van der Waals surface area contributed by atoms with Crippen LogP contribution in [0.5, 0.6) is 0 Å². The SMILES string of the molecule is CC1CC(C#N)(NC2CCCC2)CS1. The maximum atomic E-state index is 9.27. The Morgan fingerprint density at radius 1 is 1.43 bits per heavy atom. The van der Waals surface area contributed by atoms with Crippen LogP contribution < -0.4 is 5.32 Å². The van der Waals surface area contributed by atoms with Crippen LogP contribution in [0.1, 0.15) is 39.0 Å². The van der Waals surface area contributed by atoms with Crippen molar-refractivity contribution in [1.82, 2.24) is 5.32 Å². The lowest BCUT2D eigenvalue weighted by Crippen LogP contribution is -2.49. The van der Waals surface area contributed by atoms with Crippen molar-refractivity contribution in [3.63, 3.8) is 0 Å². The van der Waals surface area contributed by atoms with Crippen LogP contribution in [0.2, 0.25) is 0 Å². The molecule has 1 aliphatic carbocycles. The lowest BCUT2D eigenvalue weighted by molar-refractivity contribution is 0.376. The second-order valence-electron chi connectivity index (χ2n) is 4.65. The Hall–Kier alpha value is -0.200. The molecule has 1 aliphatic heterocycles. The van der Waals surface area contributed by atoms with Gasteiger partial charge in [0.2, 0.25) is 0 Å². The van der Waals surface area contributed by atoms with Crippen molar-refractivity contribution in [3.8, 4) is 6.07 Å². The van der Waals surface area contributed by atoms with Gasteiger partial charge in [0, 0.05) is 17.0 Å². The smallest absolute Gasteiger partial charge is 0.117 e. The number of nitrogens with zero attached hydrogens (tertiary/aromatic N) is 1. The number of nitriles is 1. The molecule has 2 aliphatic rings. The molecule has 2 fully saturated rings. The van der Waals surface area contributed by atoms with Gasteiger partial charge in [-0.1, -0.05) is 19.8 Å². The third-order valence-corrected chi connectivity index (χ3v) is 4.69. The van der Waals surface area contributed by atoms with E-state index in [0.717, 1.165) is 12.2 Å². The minimum atomic E-state index is -0.209. The zero-order valence-corrected chi connectivity index (χ0v) is 9.57. The molecule has 0 bridgehead atoms. The maximum Gasteiger partial charge on any atom is 0.117 e. The van der Waals surface area contributed by atoms with Crippen molar-refractivity contribution in [1.29, 1.82) is 5.26 Å². The highest BCUT2D eigenvalue weighted by Gasteiger charge is 2.40. The van der Waals surface area contributed by atoms with Crippen molar-refractivity contribution >= 4 is 11.8 Å². The first-order valence-electron chi connectivity index (χ1n) is 5.55. The van der Waals surface area contributed by atoms with E-state index in [2.05, 4.69) is 18.3 Å². The van der Waals surface area contributed by atoms with Crippen LogP contribution >= 0.6 is 11.8 Å². The lowest BCUT2D eigenvalue weighted by atomic mass is 9.96. The van der Waals surface area contributed by atoms with Gasteiger partial charge in [-0.15, -0.1) is 0 Å². The van der Waals surface area contributed by atoms with Crippen molar-refractivity contribution in [2.75, 3.05) is 5.75 Å². The molecule has 1 saturated heterocycles. The van der Waals surface area contributed by atoms with Crippen LogP contribution in [0, 0.1) is 11.3 Å². The third-order valence-electron chi connectivity index (χ3n) is 3.30. The zero-order valence-electron chi connectivity index (χ0n) is 8.75. The van der Waals surface area contributed by atoms with Gasteiger partial charge < -0.3 is 0 Å². The highest BCUT2D eigenvalue weighted by Crippen LogP contribution is 2.35. The zero-order chi connectivity index (χ0) is 10.0. The van der Waals surface area contributed by atoms with Crippen molar-refractivity contribution in [2.24, 2.45) is 0 Å². The average molecular weight is 210 g/mol. The third kappa shape index (κ3) is 2.07. The molecular weight excluding hydrogens is 192 g/mol. The maximum absolute atomic E-state index is 9.27. The fraction of sp³-hybridized carbons (Fsp3) is 0.909. The Morgan fingerprint density at radius 3 is 2.64 bits per heavy atom. The Bertz CT molecular complexity index is 242. The molecule has 1 saturated carbocycles. The predicted molar refractivity (Wildman–Crippen MR) is 60.3 cm³/mol. The number of hydrogen-bond acceptors (Lipinski definition) is 3. The molecule has 0 aromatic rings. The molecular formula is C11H18N2S. The van der Waals surface area contributed by atoms with Crippen LogP contribution in [0.25, 0.3) is 0 Å².